The second kappa shape index (κ2) is 8.95. The molecule has 0 atom stereocenters. The molecule has 33 heavy (non-hydrogen) atoms. The Labute approximate surface area is 208 Å². The molecule has 2 aromatic carbocycles. The summed E-state index contributed by atoms with van der Waals surface area (Å²) < 4.78 is 28.0. The van der Waals surface area contributed by atoms with Crippen LogP contribution in [-0.4, -0.2) is 24.0 Å². The van der Waals surface area contributed by atoms with Crippen molar-refractivity contribution in [3.63, 3.8) is 0 Å². The van der Waals surface area contributed by atoms with E-state index >= 15 is 0 Å². The van der Waals surface area contributed by atoms with Crippen LogP contribution in [0, 0.1) is 0 Å². The summed E-state index contributed by atoms with van der Waals surface area (Å²) in [5.41, 5.74) is -0.707. The SMILES string of the molecule is O=C(Nc1ccc(-n2c(=O)[nH]c3ccc(Br)cc3c2=O)c(Cl)c1)NS(=O)(=O)c1ccc(Cl)s1. The molecule has 0 radical (unpaired) electrons. The Hall–Kier alpha value is -2.64. The molecule has 0 saturated carbocycles. The molecule has 0 spiro atoms. The van der Waals surface area contributed by atoms with Gasteiger partial charge >= 0.3 is 11.7 Å². The van der Waals surface area contributed by atoms with Crippen molar-refractivity contribution < 1.29 is 13.2 Å². The van der Waals surface area contributed by atoms with E-state index in [2.05, 4.69) is 26.2 Å². The van der Waals surface area contributed by atoms with Crippen LogP contribution in [0.4, 0.5) is 10.5 Å². The third-order valence-corrected chi connectivity index (χ3v) is 8.20. The van der Waals surface area contributed by atoms with Gasteiger partial charge in [-0.1, -0.05) is 39.1 Å². The molecular formula is C19H11BrCl2N4O5S2. The first-order chi connectivity index (χ1) is 15.5. The van der Waals surface area contributed by atoms with Crippen molar-refractivity contribution in [3.05, 3.63) is 83.2 Å². The summed E-state index contributed by atoms with van der Waals surface area (Å²) in [7, 11) is -4.11. The smallest absolute Gasteiger partial charge is 0.307 e. The molecule has 2 heterocycles. The van der Waals surface area contributed by atoms with Crippen molar-refractivity contribution in [1.29, 1.82) is 0 Å². The molecule has 0 saturated heterocycles. The molecule has 14 heteroatoms. The van der Waals surface area contributed by atoms with Gasteiger partial charge in [0, 0.05) is 10.2 Å². The van der Waals surface area contributed by atoms with E-state index in [1.54, 1.807) is 18.2 Å². The first kappa shape index (κ1) is 23.5. The molecule has 9 nitrogen and oxygen atoms in total. The number of H-pyrrole nitrogens is 1. The van der Waals surface area contributed by atoms with E-state index in [-0.39, 0.29) is 30.3 Å². The normalized spacial score (nSPS) is 11.5. The minimum absolute atomic E-state index is 0.0253. The summed E-state index contributed by atoms with van der Waals surface area (Å²) in [4.78, 5) is 40.2. The zero-order valence-corrected chi connectivity index (χ0v) is 20.8. The van der Waals surface area contributed by atoms with Crippen LogP contribution >= 0.6 is 50.5 Å². The van der Waals surface area contributed by atoms with E-state index in [4.69, 9.17) is 23.2 Å². The fourth-order valence-electron chi connectivity index (χ4n) is 2.94. The highest BCUT2D eigenvalue weighted by molar-refractivity contribution is 9.10. The van der Waals surface area contributed by atoms with Gasteiger partial charge in [-0.3, -0.25) is 4.79 Å². The summed E-state index contributed by atoms with van der Waals surface area (Å²) in [6.45, 7) is 0. The zero-order chi connectivity index (χ0) is 23.9. The van der Waals surface area contributed by atoms with E-state index < -0.39 is 27.3 Å². The lowest BCUT2D eigenvalue weighted by Gasteiger charge is -2.11. The highest BCUT2D eigenvalue weighted by atomic mass is 79.9. The molecule has 0 bridgehead atoms. The number of halogens is 3. The number of hydrogen-bond acceptors (Lipinski definition) is 6. The van der Waals surface area contributed by atoms with Crippen LogP contribution in [0.25, 0.3) is 16.6 Å². The number of benzene rings is 2. The second-order valence-corrected chi connectivity index (χ2v) is 11.5. The standard InChI is InChI=1S/C19H11BrCl2N4O5S2/c20-9-1-3-13-11(7-9)17(27)26(19(29)24-13)14-4-2-10(8-12(14)21)23-18(28)25-33(30,31)16-6-5-15(22)32-16/h1-8H,(H,24,29)(H2,23,25,28). The Morgan fingerprint density at radius 2 is 1.82 bits per heavy atom. The number of carbonyl (C=O) groups is 1. The first-order valence-electron chi connectivity index (χ1n) is 8.89. The molecule has 170 valence electrons. The van der Waals surface area contributed by atoms with Crippen LogP contribution in [-0.2, 0) is 10.0 Å². The molecule has 3 N–H and O–H groups in total. The molecule has 0 fully saturated rings. The van der Waals surface area contributed by atoms with Gasteiger partial charge in [-0.05, 0) is 48.5 Å². The first-order valence-corrected chi connectivity index (χ1v) is 12.7. The van der Waals surface area contributed by atoms with Gasteiger partial charge in [0.05, 0.1) is 25.9 Å². The number of hydrogen-bond donors (Lipinski definition) is 3. The number of nitrogens with one attached hydrogen (secondary N) is 3. The lowest BCUT2D eigenvalue weighted by atomic mass is 10.2. The van der Waals surface area contributed by atoms with Gasteiger partial charge in [0.15, 0.2) is 0 Å². The average molecular weight is 590 g/mol. The van der Waals surface area contributed by atoms with Gasteiger partial charge in [0.2, 0.25) is 0 Å². The topological polar surface area (TPSA) is 130 Å². The van der Waals surface area contributed by atoms with Crippen molar-refractivity contribution in [2.45, 2.75) is 4.21 Å². The number of thiophene rings is 1. The van der Waals surface area contributed by atoms with Crippen molar-refractivity contribution in [3.8, 4) is 5.69 Å². The lowest BCUT2D eigenvalue weighted by Crippen LogP contribution is -2.34. The predicted molar refractivity (Wildman–Crippen MR) is 132 cm³/mol. The van der Waals surface area contributed by atoms with Crippen LogP contribution in [0.5, 0.6) is 0 Å². The highest BCUT2D eigenvalue weighted by Gasteiger charge is 2.20. The third-order valence-electron chi connectivity index (χ3n) is 4.35. The van der Waals surface area contributed by atoms with Crippen LogP contribution in [0.3, 0.4) is 0 Å². The van der Waals surface area contributed by atoms with Gasteiger partial charge < -0.3 is 10.3 Å². The van der Waals surface area contributed by atoms with Gasteiger partial charge in [-0.15, -0.1) is 11.3 Å². The number of urea groups is 1. The van der Waals surface area contributed by atoms with Gasteiger partial charge in [-0.25, -0.2) is 27.3 Å². The quantitative estimate of drug-likeness (QED) is 0.326. The van der Waals surface area contributed by atoms with Crippen molar-refractivity contribution in [1.82, 2.24) is 14.3 Å². The summed E-state index contributed by atoms with van der Waals surface area (Å²) in [6.07, 6.45) is 0. The Kier molecular flexibility index (Phi) is 6.38. The fourth-order valence-corrected chi connectivity index (χ4v) is 5.96. The maximum absolute atomic E-state index is 12.9. The third kappa shape index (κ3) is 4.84. The number of sulfonamides is 1. The largest absolute Gasteiger partial charge is 0.333 e. The summed E-state index contributed by atoms with van der Waals surface area (Å²) in [5, 5.41) is 2.58. The van der Waals surface area contributed by atoms with E-state index in [0.29, 0.717) is 9.99 Å². The van der Waals surface area contributed by atoms with E-state index in [1.807, 2.05) is 4.72 Å². The maximum atomic E-state index is 12.9. The Morgan fingerprint density at radius 1 is 1.06 bits per heavy atom. The van der Waals surface area contributed by atoms with Crippen LogP contribution in [0.15, 0.2) is 66.8 Å². The molecule has 2 amide bonds. The average Bonchev–Trinajstić information content (AvgIpc) is 3.17. The number of aromatic amines is 1. The minimum atomic E-state index is -4.11. The summed E-state index contributed by atoms with van der Waals surface area (Å²) >= 11 is 16.1. The van der Waals surface area contributed by atoms with Crippen LogP contribution in [0.1, 0.15) is 0 Å². The summed E-state index contributed by atoms with van der Waals surface area (Å²) in [5.74, 6) is 0. The zero-order valence-electron chi connectivity index (χ0n) is 16.1. The molecule has 0 unspecified atom stereocenters. The van der Waals surface area contributed by atoms with E-state index in [0.717, 1.165) is 15.9 Å². The molecule has 2 aromatic heterocycles. The van der Waals surface area contributed by atoms with E-state index in [1.165, 1.54) is 30.3 Å². The Balaban J connectivity index is 1.62. The summed E-state index contributed by atoms with van der Waals surface area (Å²) in [6, 6.07) is 10.5. The Morgan fingerprint density at radius 3 is 2.48 bits per heavy atom. The van der Waals surface area contributed by atoms with Gasteiger partial charge in [0.25, 0.3) is 15.6 Å². The van der Waals surface area contributed by atoms with Crippen molar-refractivity contribution >= 4 is 83.1 Å². The minimum Gasteiger partial charge on any atom is -0.307 e. The number of rotatable bonds is 4. The van der Waals surface area contributed by atoms with Crippen LogP contribution in [0.2, 0.25) is 9.36 Å². The molecule has 0 aliphatic rings. The predicted octanol–water partition coefficient (Wildman–Crippen LogP) is 4.32. The lowest BCUT2D eigenvalue weighted by molar-refractivity contribution is 0.256. The molecule has 4 aromatic rings. The van der Waals surface area contributed by atoms with E-state index in [9.17, 15) is 22.8 Å². The number of carbonyl (C=O) groups excluding carboxylic acids is 1. The van der Waals surface area contributed by atoms with Crippen molar-refractivity contribution in [2.24, 2.45) is 0 Å². The molecule has 4 rings (SSSR count). The Bertz CT molecular complexity index is 1650. The van der Waals surface area contributed by atoms with Gasteiger partial charge in [-0.2, -0.15) is 0 Å². The molecule has 0 aliphatic carbocycles. The second-order valence-electron chi connectivity index (χ2n) is 6.54. The fraction of sp³-hybridized carbons (Fsp3) is 0. The highest BCUT2D eigenvalue weighted by Crippen LogP contribution is 2.26. The molecular weight excluding hydrogens is 579 g/mol. The number of aromatic nitrogens is 2. The number of amides is 2. The maximum Gasteiger partial charge on any atom is 0.333 e. The number of anilines is 1. The number of fused-ring (bicyclic) bond motifs is 1. The monoisotopic (exact) mass is 588 g/mol. The van der Waals surface area contributed by atoms with Gasteiger partial charge in [0.1, 0.15) is 4.21 Å². The molecule has 0 aliphatic heterocycles. The van der Waals surface area contributed by atoms with Crippen molar-refractivity contribution in [2.75, 3.05) is 5.32 Å². The van der Waals surface area contributed by atoms with Crippen LogP contribution < -0.4 is 21.3 Å². The number of nitrogens with zero attached hydrogens (tertiary/aromatic N) is 1.